The maximum atomic E-state index is 12.5. The predicted octanol–water partition coefficient (Wildman–Crippen LogP) is 1.06. The first-order chi connectivity index (χ1) is 9.91. The Bertz CT molecular complexity index is 671. The summed E-state index contributed by atoms with van der Waals surface area (Å²) in [6, 6.07) is 6.84. The molecule has 1 aliphatic heterocycles. The van der Waals surface area contributed by atoms with Crippen LogP contribution in [0.1, 0.15) is 12.8 Å². The van der Waals surface area contributed by atoms with Crippen LogP contribution in [0.15, 0.2) is 24.3 Å². The molecule has 1 heterocycles. The summed E-state index contributed by atoms with van der Waals surface area (Å²) >= 11 is 0. The van der Waals surface area contributed by atoms with E-state index in [-0.39, 0.29) is 5.92 Å². The lowest BCUT2D eigenvalue weighted by Gasteiger charge is -2.28. The minimum Gasteiger partial charge on any atom is -0.497 e. The summed E-state index contributed by atoms with van der Waals surface area (Å²) in [6.45, 7) is 0.491. The van der Waals surface area contributed by atoms with Crippen molar-refractivity contribution in [2.75, 3.05) is 26.0 Å². The van der Waals surface area contributed by atoms with Crippen LogP contribution in [0.25, 0.3) is 0 Å². The number of nitrogens with zero attached hydrogens (tertiary/aromatic N) is 1. The molecule has 2 fully saturated rings. The highest BCUT2D eigenvalue weighted by molar-refractivity contribution is 7.91. The van der Waals surface area contributed by atoms with Gasteiger partial charge in [-0.05, 0) is 43.0 Å². The largest absolute Gasteiger partial charge is 0.497 e. The number of hydrogen-bond donors (Lipinski definition) is 1. The molecule has 7 heteroatoms. The minimum atomic E-state index is -3.56. The van der Waals surface area contributed by atoms with Crippen LogP contribution in [0.4, 0.5) is 5.69 Å². The first kappa shape index (κ1) is 14.3. The molecule has 1 N–H and O–H groups in total. The number of carbonyl (C=O) groups is 1. The van der Waals surface area contributed by atoms with Crippen LogP contribution in [-0.4, -0.2) is 44.1 Å². The summed E-state index contributed by atoms with van der Waals surface area (Å²) in [5.41, 5.74) is 0.573. The van der Waals surface area contributed by atoms with E-state index in [0.29, 0.717) is 24.4 Å². The fraction of sp³-hybridized carbons (Fsp3) is 0.500. The SMILES string of the molecule is COc1ccc(NC(=O)[C@]23C[C@@H]2CCN(C)S3(=O)=O)cc1. The molecule has 0 radical (unpaired) electrons. The van der Waals surface area contributed by atoms with Gasteiger partial charge in [-0.3, -0.25) is 4.79 Å². The van der Waals surface area contributed by atoms with Gasteiger partial charge in [-0.15, -0.1) is 0 Å². The third-order valence-corrected chi connectivity index (χ3v) is 7.05. The molecule has 6 nitrogen and oxygen atoms in total. The van der Waals surface area contributed by atoms with Crippen LogP contribution < -0.4 is 10.1 Å². The second kappa shape index (κ2) is 4.71. The number of methoxy groups -OCH3 is 1. The molecule has 1 aromatic carbocycles. The van der Waals surface area contributed by atoms with Crippen molar-refractivity contribution in [2.45, 2.75) is 17.6 Å². The van der Waals surface area contributed by atoms with E-state index in [1.165, 1.54) is 11.4 Å². The van der Waals surface area contributed by atoms with E-state index in [9.17, 15) is 13.2 Å². The molecule has 0 bridgehead atoms. The van der Waals surface area contributed by atoms with Crippen molar-refractivity contribution >= 4 is 21.6 Å². The van der Waals surface area contributed by atoms with E-state index in [4.69, 9.17) is 4.74 Å². The summed E-state index contributed by atoms with van der Waals surface area (Å²) in [4.78, 5) is 12.5. The monoisotopic (exact) mass is 310 g/mol. The maximum absolute atomic E-state index is 12.5. The van der Waals surface area contributed by atoms with Crippen LogP contribution in [0, 0.1) is 5.92 Å². The quantitative estimate of drug-likeness (QED) is 0.905. The van der Waals surface area contributed by atoms with Gasteiger partial charge in [0, 0.05) is 19.3 Å². The van der Waals surface area contributed by atoms with Crippen LogP contribution in [0.3, 0.4) is 0 Å². The lowest BCUT2D eigenvalue weighted by atomic mass is 10.2. The molecule has 1 amide bonds. The van der Waals surface area contributed by atoms with Gasteiger partial charge in [-0.25, -0.2) is 12.7 Å². The third-order valence-electron chi connectivity index (χ3n) is 4.44. The molecule has 3 rings (SSSR count). The molecule has 1 aromatic rings. The Balaban J connectivity index is 1.82. The van der Waals surface area contributed by atoms with Gasteiger partial charge in [-0.1, -0.05) is 0 Å². The Morgan fingerprint density at radius 3 is 2.67 bits per heavy atom. The number of anilines is 1. The van der Waals surface area contributed by atoms with E-state index in [2.05, 4.69) is 5.32 Å². The molecular weight excluding hydrogens is 292 g/mol. The van der Waals surface area contributed by atoms with Crippen LogP contribution >= 0.6 is 0 Å². The molecule has 0 aromatic heterocycles. The van der Waals surface area contributed by atoms with Crippen molar-refractivity contribution < 1.29 is 17.9 Å². The van der Waals surface area contributed by atoms with Crippen LogP contribution in [0.5, 0.6) is 5.75 Å². The highest BCUT2D eigenvalue weighted by Crippen LogP contribution is 2.56. The topological polar surface area (TPSA) is 75.7 Å². The summed E-state index contributed by atoms with van der Waals surface area (Å²) in [7, 11) is -0.468. The molecule has 1 aliphatic carbocycles. The van der Waals surface area contributed by atoms with E-state index < -0.39 is 20.7 Å². The Morgan fingerprint density at radius 1 is 1.38 bits per heavy atom. The molecule has 0 unspecified atom stereocenters. The van der Waals surface area contributed by atoms with Gasteiger partial charge in [0.1, 0.15) is 5.75 Å². The maximum Gasteiger partial charge on any atom is 0.247 e. The highest BCUT2D eigenvalue weighted by atomic mass is 32.2. The van der Waals surface area contributed by atoms with Crippen molar-refractivity contribution in [2.24, 2.45) is 5.92 Å². The summed E-state index contributed by atoms with van der Waals surface area (Å²) in [5.74, 6) is 0.196. The van der Waals surface area contributed by atoms with Gasteiger partial charge >= 0.3 is 0 Å². The third kappa shape index (κ3) is 2.03. The second-order valence-corrected chi connectivity index (χ2v) is 7.89. The van der Waals surface area contributed by atoms with E-state index in [0.717, 1.165) is 6.42 Å². The van der Waals surface area contributed by atoms with Crippen molar-refractivity contribution in [1.29, 1.82) is 0 Å². The van der Waals surface area contributed by atoms with Crippen molar-refractivity contribution in [3.05, 3.63) is 24.3 Å². The Morgan fingerprint density at radius 2 is 2.05 bits per heavy atom. The highest BCUT2D eigenvalue weighted by Gasteiger charge is 2.71. The number of hydrogen-bond acceptors (Lipinski definition) is 4. The number of benzene rings is 1. The Hall–Kier alpha value is -1.60. The van der Waals surface area contributed by atoms with E-state index in [1.54, 1.807) is 31.4 Å². The zero-order valence-electron chi connectivity index (χ0n) is 12.0. The smallest absolute Gasteiger partial charge is 0.247 e. The van der Waals surface area contributed by atoms with Crippen molar-refractivity contribution in [1.82, 2.24) is 4.31 Å². The van der Waals surface area contributed by atoms with Gasteiger partial charge in [0.25, 0.3) is 0 Å². The van der Waals surface area contributed by atoms with Crippen LogP contribution in [-0.2, 0) is 14.8 Å². The number of amides is 1. The minimum absolute atomic E-state index is 0.0584. The fourth-order valence-electron chi connectivity index (χ4n) is 3.00. The van der Waals surface area contributed by atoms with Gasteiger partial charge in [0.2, 0.25) is 15.9 Å². The number of carbonyl (C=O) groups excluding carboxylic acids is 1. The first-order valence-electron chi connectivity index (χ1n) is 6.83. The van der Waals surface area contributed by atoms with E-state index >= 15 is 0 Å². The van der Waals surface area contributed by atoms with Crippen LogP contribution in [0.2, 0.25) is 0 Å². The molecule has 1 saturated heterocycles. The standard InChI is InChI=1S/C14H18N2O4S/c1-16-8-7-10-9-14(10,21(16,18)19)13(17)15-11-3-5-12(20-2)6-4-11/h3-6,10H,7-9H2,1-2H3,(H,15,17)/t10-,14-/m0/s1. The lowest BCUT2D eigenvalue weighted by molar-refractivity contribution is -0.117. The van der Waals surface area contributed by atoms with Gasteiger partial charge < -0.3 is 10.1 Å². The second-order valence-electron chi connectivity index (χ2n) is 5.59. The van der Waals surface area contributed by atoms with Gasteiger partial charge in [-0.2, -0.15) is 0 Å². The molecular formula is C14H18N2O4S. The fourth-order valence-corrected chi connectivity index (χ4v) is 5.14. The summed E-state index contributed by atoms with van der Waals surface area (Å²) < 4.78 is 30.0. The number of nitrogens with one attached hydrogen (secondary N) is 1. The molecule has 21 heavy (non-hydrogen) atoms. The Labute approximate surface area is 124 Å². The summed E-state index contributed by atoms with van der Waals surface area (Å²) in [5, 5.41) is 2.72. The molecule has 2 aliphatic rings. The average Bonchev–Trinajstić information content (AvgIpc) is 3.21. The van der Waals surface area contributed by atoms with Gasteiger partial charge in [0.15, 0.2) is 4.75 Å². The zero-order chi connectivity index (χ0) is 15.3. The number of ether oxygens (including phenoxy) is 1. The summed E-state index contributed by atoms with van der Waals surface area (Å²) in [6.07, 6.45) is 1.16. The number of rotatable bonds is 3. The van der Waals surface area contributed by atoms with Crippen molar-refractivity contribution in [3.8, 4) is 5.75 Å². The Kier molecular flexibility index (Phi) is 3.22. The first-order valence-corrected chi connectivity index (χ1v) is 8.27. The normalized spacial score (nSPS) is 30.3. The average molecular weight is 310 g/mol. The molecule has 0 spiro atoms. The van der Waals surface area contributed by atoms with Crippen molar-refractivity contribution in [3.63, 3.8) is 0 Å². The van der Waals surface area contributed by atoms with Gasteiger partial charge in [0.05, 0.1) is 7.11 Å². The van der Waals surface area contributed by atoms with E-state index in [1.807, 2.05) is 0 Å². The molecule has 1 saturated carbocycles. The lowest BCUT2D eigenvalue weighted by Crippen LogP contribution is -2.50. The molecule has 2 atom stereocenters. The number of sulfonamides is 1. The zero-order valence-corrected chi connectivity index (χ0v) is 12.8. The number of fused-ring (bicyclic) bond motifs is 1. The molecule has 114 valence electrons. The predicted molar refractivity (Wildman–Crippen MR) is 78.6 cm³/mol.